The summed E-state index contributed by atoms with van der Waals surface area (Å²) < 4.78 is 0. The Morgan fingerprint density at radius 1 is 1.50 bits per heavy atom. The van der Waals surface area contributed by atoms with Crippen molar-refractivity contribution in [3.8, 4) is 18.4 Å². The largest absolute Gasteiger partial charge is 0.263 e. The Kier molecular flexibility index (Phi) is 1.68. The van der Waals surface area contributed by atoms with Crippen molar-refractivity contribution in [3.63, 3.8) is 0 Å². The van der Waals surface area contributed by atoms with Crippen LogP contribution in [0, 0.1) is 23.7 Å². The van der Waals surface area contributed by atoms with Crippen molar-refractivity contribution in [1.82, 2.24) is 4.98 Å². The van der Waals surface area contributed by atoms with Crippen LogP contribution in [-0.2, 0) is 0 Å². The fraction of sp³-hybridized carbons (Fsp3) is 0. The average molecular weight is 128 g/mol. The van der Waals surface area contributed by atoms with E-state index in [0.717, 1.165) is 0 Å². The second-order valence-corrected chi connectivity index (χ2v) is 1.68. The van der Waals surface area contributed by atoms with Crippen LogP contribution in [-0.4, -0.2) is 4.98 Å². The number of hydrogen-bond donors (Lipinski definition) is 0. The van der Waals surface area contributed by atoms with E-state index in [-0.39, 0.29) is 0 Å². The molecule has 0 N–H and O–H groups in total. The first kappa shape index (κ1) is 6.32. The molecule has 0 radical (unpaired) electrons. The van der Waals surface area contributed by atoms with E-state index in [1.54, 1.807) is 12.3 Å². The lowest BCUT2D eigenvalue weighted by Gasteiger charge is -1.89. The summed E-state index contributed by atoms with van der Waals surface area (Å²) in [5, 5.41) is 8.48. The number of rotatable bonds is 0. The number of nitrogens with zero attached hydrogens (tertiary/aromatic N) is 2. The Morgan fingerprint density at radius 2 is 2.30 bits per heavy atom. The van der Waals surface area contributed by atoms with Gasteiger partial charge < -0.3 is 0 Å². The van der Waals surface area contributed by atoms with E-state index in [1.807, 2.05) is 6.07 Å². The normalized spacial score (nSPS) is 7.80. The molecule has 0 amide bonds. The summed E-state index contributed by atoms with van der Waals surface area (Å²) in [6.07, 6.45) is 8.12. The molecule has 1 rings (SSSR count). The van der Waals surface area contributed by atoms with Gasteiger partial charge in [0.25, 0.3) is 0 Å². The van der Waals surface area contributed by atoms with E-state index in [4.69, 9.17) is 11.7 Å². The van der Waals surface area contributed by atoms with Crippen LogP contribution in [0.25, 0.3) is 0 Å². The Balaban J connectivity index is 3.28. The molecule has 0 aliphatic heterocycles. The minimum Gasteiger partial charge on any atom is -0.263 e. The van der Waals surface area contributed by atoms with Crippen molar-refractivity contribution < 1.29 is 0 Å². The maximum Gasteiger partial charge on any atom is 0.101 e. The molecule has 1 heterocycles. The van der Waals surface area contributed by atoms with E-state index in [0.29, 0.717) is 11.1 Å². The van der Waals surface area contributed by atoms with Crippen LogP contribution in [0.15, 0.2) is 18.5 Å². The summed E-state index contributed by atoms with van der Waals surface area (Å²) in [6.45, 7) is 0. The molecule has 0 saturated heterocycles. The number of pyridine rings is 1. The van der Waals surface area contributed by atoms with Gasteiger partial charge in [-0.3, -0.25) is 4.98 Å². The third-order valence-electron chi connectivity index (χ3n) is 1.10. The Hall–Kier alpha value is -1.80. The first-order valence-electron chi connectivity index (χ1n) is 2.69. The monoisotopic (exact) mass is 128 g/mol. The van der Waals surface area contributed by atoms with Crippen molar-refractivity contribution in [2.24, 2.45) is 0 Å². The highest BCUT2D eigenvalue weighted by atomic mass is 14.6. The van der Waals surface area contributed by atoms with Gasteiger partial charge in [0.2, 0.25) is 0 Å². The molecular weight excluding hydrogens is 124 g/mol. The zero-order valence-electron chi connectivity index (χ0n) is 5.20. The Morgan fingerprint density at radius 3 is 2.80 bits per heavy atom. The number of hydrogen-bond acceptors (Lipinski definition) is 2. The SMILES string of the molecule is C#Cc1cnccc1C#N. The molecule has 0 aliphatic rings. The molecular formula is C8H4N2. The minimum atomic E-state index is 0.498. The van der Waals surface area contributed by atoms with Gasteiger partial charge in [-0.15, -0.1) is 6.42 Å². The van der Waals surface area contributed by atoms with Crippen molar-refractivity contribution in [3.05, 3.63) is 29.6 Å². The van der Waals surface area contributed by atoms with Crippen molar-refractivity contribution >= 4 is 0 Å². The summed E-state index contributed by atoms with van der Waals surface area (Å²) in [6, 6.07) is 3.56. The quantitative estimate of drug-likeness (QED) is 0.487. The minimum absolute atomic E-state index is 0.498. The van der Waals surface area contributed by atoms with E-state index in [9.17, 15) is 0 Å². The van der Waals surface area contributed by atoms with Crippen molar-refractivity contribution in [2.75, 3.05) is 0 Å². The molecule has 0 spiro atoms. The smallest absolute Gasteiger partial charge is 0.101 e. The molecule has 0 fully saturated rings. The van der Waals surface area contributed by atoms with Crippen molar-refractivity contribution in [2.45, 2.75) is 0 Å². The maximum atomic E-state index is 8.48. The van der Waals surface area contributed by atoms with E-state index >= 15 is 0 Å². The van der Waals surface area contributed by atoms with Gasteiger partial charge in [0, 0.05) is 12.4 Å². The zero-order valence-corrected chi connectivity index (χ0v) is 5.20. The van der Waals surface area contributed by atoms with Gasteiger partial charge in [-0.2, -0.15) is 5.26 Å². The molecule has 0 bridgehead atoms. The third kappa shape index (κ3) is 0.962. The van der Waals surface area contributed by atoms with Crippen LogP contribution in [0.2, 0.25) is 0 Å². The lowest BCUT2D eigenvalue weighted by molar-refractivity contribution is 1.29. The summed E-state index contributed by atoms with van der Waals surface area (Å²) in [7, 11) is 0. The van der Waals surface area contributed by atoms with Crippen LogP contribution < -0.4 is 0 Å². The summed E-state index contributed by atoms with van der Waals surface area (Å²) in [5.41, 5.74) is 1.04. The van der Waals surface area contributed by atoms with Crippen LogP contribution in [0.5, 0.6) is 0 Å². The molecule has 46 valence electrons. The zero-order chi connectivity index (χ0) is 7.40. The first-order valence-corrected chi connectivity index (χ1v) is 2.69. The topological polar surface area (TPSA) is 36.7 Å². The molecule has 0 atom stereocenters. The van der Waals surface area contributed by atoms with E-state index in [2.05, 4.69) is 10.9 Å². The summed E-state index contributed by atoms with van der Waals surface area (Å²) in [4.78, 5) is 3.77. The van der Waals surface area contributed by atoms with Gasteiger partial charge in [0.1, 0.15) is 6.07 Å². The molecule has 1 aromatic heterocycles. The van der Waals surface area contributed by atoms with Gasteiger partial charge in [0.05, 0.1) is 11.1 Å². The Labute approximate surface area is 59.1 Å². The number of aromatic nitrogens is 1. The lowest BCUT2D eigenvalue weighted by Crippen LogP contribution is -1.82. The number of terminal acetylenes is 1. The second kappa shape index (κ2) is 2.66. The fourth-order valence-corrected chi connectivity index (χ4v) is 0.607. The number of nitriles is 1. The molecule has 2 heteroatoms. The highest BCUT2D eigenvalue weighted by molar-refractivity contribution is 5.44. The van der Waals surface area contributed by atoms with Gasteiger partial charge in [-0.05, 0) is 6.07 Å². The van der Waals surface area contributed by atoms with Gasteiger partial charge >= 0.3 is 0 Å². The van der Waals surface area contributed by atoms with Crippen LogP contribution in [0.4, 0.5) is 0 Å². The van der Waals surface area contributed by atoms with Crippen LogP contribution >= 0.6 is 0 Å². The highest BCUT2D eigenvalue weighted by Crippen LogP contribution is 2.01. The molecule has 2 nitrogen and oxygen atoms in total. The molecule has 0 unspecified atom stereocenters. The average Bonchev–Trinajstić information content (AvgIpc) is 2.04. The van der Waals surface area contributed by atoms with E-state index < -0.39 is 0 Å². The molecule has 1 aromatic rings. The van der Waals surface area contributed by atoms with E-state index in [1.165, 1.54) is 6.20 Å². The standard InChI is InChI=1S/C8H4N2/c1-2-7-6-10-4-3-8(7)5-9/h1,3-4,6H. The summed E-state index contributed by atoms with van der Waals surface area (Å²) in [5.74, 6) is 2.36. The predicted octanol–water partition coefficient (Wildman–Crippen LogP) is 0.935. The maximum absolute atomic E-state index is 8.48. The van der Waals surface area contributed by atoms with Gasteiger partial charge in [0.15, 0.2) is 0 Å². The molecule has 10 heavy (non-hydrogen) atoms. The predicted molar refractivity (Wildman–Crippen MR) is 36.9 cm³/mol. The van der Waals surface area contributed by atoms with Crippen molar-refractivity contribution in [1.29, 1.82) is 5.26 Å². The lowest BCUT2D eigenvalue weighted by atomic mass is 10.2. The van der Waals surface area contributed by atoms with Gasteiger partial charge in [-0.25, -0.2) is 0 Å². The van der Waals surface area contributed by atoms with Crippen LogP contribution in [0.1, 0.15) is 11.1 Å². The summed E-state index contributed by atoms with van der Waals surface area (Å²) >= 11 is 0. The Bertz CT molecular complexity index is 282. The first-order chi connectivity index (χ1) is 4.88. The molecule has 0 aromatic carbocycles. The highest BCUT2D eigenvalue weighted by Gasteiger charge is 1.94. The third-order valence-corrected chi connectivity index (χ3v) is 1.10. The van der Waals surface area contributed by atoms with Gasteiger partial charge in [-0.1, -0.05) is 5.92 Å². The second-order valence-electron chi connectivity index (χ2n) is 1.68. The molecule has 0 saturated carbocycles. The fourth-order valence-electron chi connectivity index (χ4n) is 0.607. The molecule has 0 aliphatic carbocycles. The van der Waals surface area contributed by atoms with Crippen LogP contribution in [0.3, 0.4) is 0 Å².